The van der Waals surface area contributed by atoms with E-state index >= 15 is 0 Å². The summed E-state index contributed by atoms with van der Waals surface area (Å²) in [4.78, 5) is 43.0. The van der Waals surface area contributed by atoms with E-state index in [2.05, 4.69) is 37.2 Å². The lowest BCUT2D eigenvalue weighted by atomic mass is 10.0. The van der Waals surface area contributed by atoms with Crippen LogP contribution >= 0.6 is 0 Å². The van der Waals surface area contributed by atoms with Gasteiger partial charge in [-0.15, -0.1) is 0 Å². The third-order valence-corrected chi connectivity index (χ3v) is 8.17. The smallest absolute Gasteiger partial charge is 0.245 e. The highest BCUT2D eigenvalue weighted by atomic mass is 16.2. The van der Waals surface area contributed by atoms with Crippen molar-refractivity contribution in [3.05, 3.63) is 96.6 Å². The van der Waals surface area contributed by atoms with Gasteiger partial charge in [-0.1, -0.05) is 54.6 Å². The molecule has 0 bridgehead atoms. The second kappa shape index (κ2) is 12.3. The van der Waals surface area contributed by atoms with Crippen LogP contribution < -0.4 is 5.32 Å². The minimum atomic E-state index is -0.342. The Morgan fingerprint density at radius 3 is 2.26 bits per heavy atom. The van der Waals surface area contributed by atoms with Crippen molar-refractivity contribution >= 4 is 5.91 Å². The van der Waals surface area contributed by atoms with Crippen molar-refractivity contribution in [2.45, 2.75) is 37.9 Å². The number of nitrogens with zero attached hydrogens (tertiary/aromatic N) is 6. The Bertz CT molecular complexity index is 1660. The summed E-state index contributed by atoms with van der Waals surface area (Å²) in [6, 6.07) is 17.8. The van der Waals surface area contributed by atoms with Crippen molar-refractivity contribution in [2.24, 2.45) is 0 Å². The molecule has 0 unspecified atom stereocenters. The maximum Gasteiger partial charge on any atom is 0.245 e. The summed E-state index contributed by atoms with van der Waals surface area (Å²) >= 11 is 0. The van der Waals surface area contributed by atoms with Crippen LogP contribution in [-0.2, 0) is 4.79 Å². The van der Waals surface area contributed by atoms with E-state index in [-0.39, 0.29) is 24.0 Å². The minimum Gasteiger partial charge on any atom is -0.341 e. The van der Waals surface area contributed by atoms with Gasteiger partial charge in [0.2, 0.25) is 5.91 Å². The second-order valence-corrected chi connectivity index (χ2v) is 11.2. The molecule has 0 radical (unpaired) electrons. The van der Waals surface area contributed by atoms with E-state index in [9.17, 15) is 4.79 Å². The molecule has 3 aromatic heterocycles. The number of benzene rings is 2. The Hall–Kier alpha value is -4.67. The third-order valence-electron chi connectivity index (χ3n) is 8.17. The molecule has 10 nitrogen and oxygen atoms in total. The molecule has 5 aromatic rings. The maximum absolute atomic E-state index is 13.8. The first-order valence-electron chi connectivity index (χ1n) is 14.6. The van der Waals surface area contributed by atoms with Gasteiger partial charge in [0, 0.05) is 30.1 Å². The van der Waals surface area contributed by atoms with Gasteiger partial charge in [-0.2, -0.15) is 0 Å². The molecule has 1 amide bonds. The van der Waals surface area contributed by atoms with E-state index in [4.69, 9.17) is 4.98 Å². The van der Waals surface area contributed by atoms with Gasteiger partial charge in [-0.3, -0.25) is 9.69 Å². The normalized spacial score (nSPS) is 16.5. The maximum atomic E-state index is 13.8. The van der Waals surface area contributed by atoms with Crippen LogP contribution in [0.3, 0.4) is 0 Å². The summed E-state index contributed by atoms with van der Waals surface area (Å²) in [6.45, 7) is 2.78. The van der Waals surface area contributed by atoms with Gasteiger partial charge in [-0.05, 0) is 52.0 Å². The zero-order valence-corrected chi connectivity index (χ0v) is 25.0. The molecule has 220 valence electrons. The molecule has 4 heterocycles. The van der Waals surface area contributed by atoms with E-state index in [0.29, 0.717) is 12.4 Å². The molecule has 3 N–H and O–H groups in total. The fraction of sp³-hybridized carbons (Fsp3) is 0.303. The predicted molar refractivity (Wildman–Crippen MR) is 167 cm³/mol. The van der Waals surface area contributed by atoms with Crippen molar-refractivity contribution in [1.29, 1.82) is 0 Å². The standard InChI is InChI=1S/C33H37N9O/c1-21(34-2)30-37-19-26(39-30)22-12-14-24(15-13-22)31-35-17-25(18-36-31)27-20-38-32(40-27)28-11-8-16-42(28)33(43)29(41(3)4)23-9-6-5-7-10-23/h5-7,9-10,12-15,17-21,28-29,34H,8,11,16H2,1-4H3,(H,37,39)(H,38,40)/t21-,28-,29+/m0/s1. The first-order valence-corrected chi connectivity index (χ1v) is 14.6. The number of amides is 1. The first-order chi connectivity index (χ1) is 20.9. The van der Waals surface area contributed by atoms with Crippen molar-refractivity contribution in [2.75, 3.05) is 27.7 Å². The largest absolute Gasteiger partial charge is 0.341 e. The minimum absolute atomic E-state index is 0.0934. The number of carbonyl (C=O) groups is 1. The summed E-state index contributed by atoms with van der Waals surface area (Å²) in [7, 11) is 5.81. The number of imidazole rings is 2. The van der Waals surface area contributed by atoms with Crippen LogP contribution in [0.25, 0.3) is 33.9 Å². The molecule has 10 heteroatoms. The van der Waals surface area contributed by atoms with Crippen LogP contribution in [0.4, 0.5) is 0 Å². The van der Waals surface area contributed by atoms with Crippen molar-refractivity contribution in [1.82, 2.24) is 45.0 Å². The molecule has 0 saturated carbocycles. The van der Waals surface area contributed by atoms with Crippen LogP contribution in [0.5, 0.6) is 0 Å². The lowest BCUT2D eigenvalue weighted by Gasteiger charge is -2.31. The Balaban J connectivity index is 1.16. The molecule has 1 aliphatic rings. The Morgan fingerprint density at radius 2 is 1.56 bits per heavy atom. The number of H-pyrrole nitrogens is 2. The van der Waals surface area contributed by atoms with Crippen LogP contribution in [0.15, 0.2) is 79.4 Å². The van der Waals surface area contributed by atoms with Gasteiger partial charge >= 0.3 is 0 Å². The lowest BCUT2D eigenvalue weighted by Crippen LogP contribution is -2.40. The quantitative estimate of drug-likeness (QED) is 0.222. The topological polar surface area (TPSA) is 119 Å². The van der Waals surface area contributed by atoms with E-state index in [1.807, 2.05) is 104 Å². The molecule has 1 aliphatic heterocycles. The Labute approximate surface area is 251 Å². The second-order valence-electron chi connectivity index (χ2n) is 11.2. The molecule has 1 fully saturated rings. The number of aromatic amines is 2. The van der Waals surface area contributed by atoms with E-state index in [0.717, 1.165) is 58.1 Å². The number of hydrogen-bond donors (Lipinski definition) is 3. The summed E-state index contributed by atoms with van der Waals surface area (Å²) < 4.78 is 0. The number of likely N-dealkylation sites (N-methyl/N-ethyl adjacent to an activating group) is 1. The lowest BCUT2D eigenvalue weighted by molar-refractivity contribution is -0.137. The van der Waals surface area contributed by atoms with Gasteiger partial charge < -0.3 is 20.2 Å². The number of carbonyl (C=O) groups excluding carboxylic acids is 1. The molecular formula is C33H37N9O. The predicted octanol–water partition coefficient (Wildman–Crippen LogP) is 5.17. The van der Waals surface area contributed by atoms with Crippen molar-refractivity contribution in [3.63, 3.8) is 0 Å². The first kappa shape index (κ1) is 28.4. The highest BCUT2D eigenvalue weighted by molar-refractivity contribution is 5.84. The van der Waals surface area contributed by atoms with E-state index in [1.54, 1.807) is 6.20 Å². The van der Waals surface area contributed by atoms with Gasteiger partial charge in [-0.25, -0.2) is 19.9 Å². The third kappa shape index (κ3) is 5.84. The Morgan fingerprint density at radius 1 is 0.884 bits per heavy atom. The average molecular weight is 576 g/mol. The van der Waals surface area contributed by atoms with Gasteiger partial charge in [0.1, 0.15) is 17.7 Å². The molecule has 2 aromatic carbocycles. The molecular weight excluding hydrogens is 538 g/mol. The van der Waals surface area contributed by atoms with Crippen LogP contribution in [0.1, 0.15) is 55.1 Å². The number of rotatable bonds is 9. The molecule has 43 heavy (non-hydrogen) atoms. The summed E-state index contributed by atoms with van der Waals surface area (Å²) in [5.74, 6) is 2.43. The fourth-order valence-electron chi connectivity index (χ4n) is 5.68. The van der Waals surface area contributed by atoms with E-state index in [1.165, 1.54) is 0 Å². The Kier molecular flexibility index (Phi) is 8.13. The molecule has 6 rings (SSSR count). The van der Waals surface area contributed by atoms with Crippen LogP contribution in [0, 0.1) is 0 Å². The number of hydrogen-bond acceptors (Lipinski definition) is 7. The summed E-state index contributed by atoms with van der Waals surface area (Å²) in [5, 5.41) is 3.19. The molecule has 1 saturated heterocycles. The van der Waals surface area contributed by atoms with Crippen molar-refractivity contribution in [3.8, 4) is 33.9 Å². The van der Waals surface area contributed by atoms with Crippen LogP contribution in [0.2, 0.25) is 0 Å². The van der Waals surface area contributed by atoms with Crippen molar-refractivity contribution < 1.29 is 4.79 Å². The van der Waals surface area contributed by atoms with Gasteiger partial charge in [0.05, 0.1) is 35.9 Å². The number of aromatic nitrogens is 6. The van der Waals surface area contributed by atoms with Gasteiger partial charge in [0.15, 0.2) is 5.82 Å². The SMILES string of the molecule is CN[C@@H](C)c1ncc(-c2ccc(-c3ncc(-c4cnc([C@@H]5CCCN5C(=O)[C@@H](c5ccccc5)N(C)C)[nH]4)cn3)cc2)[nH]1. The highest BCUT2D eigenvalue weighted by Gasteiger charge is 2.37. The number of nitrogens with one attached hydrogen (secondary N) is 3. The zero-order valence-electron chi connectivity index (χ0n) is 25.0. The highest BCUT2D eigenvalue weighted by Crippen LogP contribution is 2.35. The number of likely N-dealkylation sites (tertiary alicyclic amines) is 1. The molecule has 0 aliphatic carbocycles. The van der Waals surface area contributed by atoms with E-state index < -0.39 is 0 Å². The average Bonchev–Trinajstić information content (AvgIpc) is 3.82. The fourth-order valence-corrected chi connectivity index (χ4v) is 5.68. The summed E-state index contributed by atoms with van der Waals surface area (Å²) in [5.41, 5.74) is 5.60. The summed E-state index contributed by atoms with van der Waals surface area (Å²) in [6.07, 6.45) is 9.08. The molecule has 0 spiro atoms. The van der Waals surface area contributed by atoms with Crippen LogP contribution in [-0.4, -0.2) is 73.3 Å². The monoisotopic (exact) mass is 575 g/mol. The molecule has 3 atom stereocenters. The van der Waals surface area contributed by atoms with Gasteiger partial charge in [0.25, 0.3) is 0 Å². The zero-order chi connectivity index (χ0) is 29.9.